The van der Waals surface area contributed by atoms with Crippen LogP contribution in [-0.2, 0) is 24.7 Å². The number of nitrogens with one attached hydrogen (secondary N) is 1. The molecule has 0 aromatic carbocycles. The molecule has 0 fully saturated rings. The van der Waals surface area contributed by atoms with E-state index in [-0.39, 0.29) is 17.5 Å². The summed E-state index contributed by atoms with van der Waals surface area (Å²) in [5.74, 6) is -0.0229. The van der Waals surface area contributed by atoms with Crippen molar-refractivity contribution in [2.75, 3.05) is 0 Å². The fourth-order valence-electron chi connectivity index (χ4n) is 2.10. The Morgan fingerprint density at radius 1 is 1.62 bits per heavy atom. The van der Waals surface area contributed by atoms with Crippen molar-refractivity contribution in [3.05, 3.63) is 27.7 Å². The van der Waals surface area contributed by atoms with Gasteiger partial charge in [0.2, 0.25) is 5.91 Å². The molecular formula is C11H15N3O2. The Morgan fingerprint density at radius 2 is 2.38 bits per heavy atom. The summed E-state index contributed by atoms with van der Waals surface area (Å²) in [5.41, 5.74) is 1.85. The molecule has 1 amide bonds. The van der Waals surface area contributed by atoms with Gasteiger partial charge in [-0.25, -0.2) is 4.68 Å². The van der Waals surface area contributed by atoms with Crippen LogP contribution in [0.2, 0.25) is 0 Å². The number of amides is 1. The molecule has 86 valence electrons. The van der Waals surface area contributed by atoms with Crippen molar-refractivity contribution in [2.24, 2.45) is 7.05 Å². The molecule has 1 aromatic rings. The van der Waals surface area contributed by atoms with E-state index in [9.17, 15) is 9.59 Å². The van der Waals surface area contributed by atoms with Gasteiger partial charge in [-0.05, 0) is 24.8 Å². The molecule has 0 spiro atoms. The van der Waals surface area contributed by atoms with Crippen molar-refractivity contribution in [1.82, 2.24) is 15.1 Å². The number of aromatic nitrogens is 2. The lowest BCUT2D eigenvalue weighted by Crippen LogP contribution is -2.39. The fourth-order valence-corrected chi connectivity index (χ4v) is 2.10. The number of hydrogen-bond donors (Lipinski definition) is 1. The monoisotopic (exact) mass is 221 g/mol. The second kappa shape index (κ2) is 4.08. The third-order valence-electron chi connectivity index (χ3n) is 2.86. The first-order valence-corrected chi connectivity index (χ1v) is 5.39. The van der Waals surface area contributed by atoms with Gasteiger partial charge in [0.1, 0.15) is 0 Å². The van der Waals surface area contributed by atoms with Gasteiger partial charge in [0.15, 0.2) is 0 Å². The van der Waals surface area contributed by atoms with Crippen LogP contribution < -0.4 is 10.9 Å². The Balaban J connectivity index is 2.23. The molecule has 0 bridgehead atoms. The van der Waals surface area contributed by atoms with E-state index in [4.69, 9.17) is 0 Å². The van der Waals surface area contributed by atoms with Crippen LogP contribution in [0.1, 0.15) is 24.6 Å². The van der Waals surface area contributed by atoms with E-state index >= 15 is 0 Å². The van der Waals surface area contributed by atoms with Gasteiger partial charge in [-0.15, -0.1) is 0 Å². The molecule has 5 nitrogen and oxygen atoms in total. The summed E-state index contributed by atoms with van der Waals surface area (Å²) in [6.07, 6.45) is 2.41. The zero-order valence-electron chi connectivity index (χ0n) is 9.49. The highest BCUT2D eigenvalue weighted by atomic mass is 16.1. The van der Waals surface area contributed by atoms with Crippen LogP contribution >= 0.6 is 0 Å². The van der Waals surface area contributed by atoms with Crippen molar-refractivity contribution in [3.8, 4) is 0 Å². The van der Waals surface area contributed by atoms with E-state index in [0.717, 1.165) is 24.1 Å². The minimum Gasteiger partial charge on any atom is -0.353 e. The van der Waals surface area contributed by atoms with E-state index in [2.05, 4.69) is 10.4 Å². The van der Waals surface area contributed by atoms with Gasteiger partial charge in [-0.1, -0.05) is 0 Å². The Hall–Kier alpha value is -1.65. The Kier molecular flexibility index (Phi) is 2.77. The molecular weight excluding hydrogens is 206 g/mol. The average Bonchev–Trinajstić information content (AvgIpc) is 2.19. The number of rotatable bonds is 1. The van der Waals surface area contributed by atoms with Crippen LogP contribution in [0.5, 0.6) is 0 Å². The lowest BCUT2D eigenvalue weighted by atomic mass is 9.92. The molecule has 2 rings (SSSR count). The number of hydrogen-bond acceptors (Lipinski definition) is 3. The lowest BCUT2D eigenvalue weighted by Gasteiger charge is -2.24. The van der Waals surface area contributed by atoms with Crippen molar-refractivity contribution in [1.29, 1.82) is 0 Å². The SMILES string of the molecule is CC(=O)NC1CCc2nn(C)c(=O)cc2C1. The van der Waals surface area contributed by atoms with E-state index in [1.807, 2.05) is 0 Å². The summed E-state index contributed by atoms with van der Waals surface area (Å²) in [6.45, 7) is 1.51. The summed E-state index contributed by atoms with van der Waals surface area (Å²) in [4.78, 5) is 22.4. The van der Waals surface area contributed by atoms with Gasteiger partial charge in [-0.2, -0.15) is 5.10 Å². The summed E-state index contributed by atoms with van der Waals surface area (Å²) in [6, 6.07) is 1.76. The van der Waals surface area contributed by atoms with Crippen LogP contribution in [0.25, 0.3) is 0 Å². The van der Waals surface area contributed by atoms with Crippen LogP contribution in [0.3, 0.4) is 0 Å². The zero-order chi connectivity index (χ0) is 11.7. The van der Waals surface area contributed by atoms with Crippen molar-refractivity contribution >= 4 is 5.91 Å². The molecule has 0 aliphatic heterocycles. The highest BCUT2D eigenvalue weighted by Crippen LogP contribution is 2.17. The maximum Gasteiger partial charge on any atom is 0.266 e. The molecule has 1 N–H and O–H groups in total. The number of carbonyl (C=O) groups excluding carboxylic acids is 1. The van der Waals surface area contributed by atoms with Crippen molar-refractivity contribution < 1.29 is 4.79 Å². The molecule has 0 radical (unpaired) electrons. The Bertz CT molecular complexity index is 479. The molecule has 1 aromatic heterocycles. The minimum absolute atomic E-state index is 0.0229. The van der Waals surface area contributed by atoms with Gasteiger partial charge in [-0.3, -0.25) is 9.59 Å². The van der Waals surface area contributed by atoms with Crippen LogP contribution in [0, 0.1) is 0 Å². The summed E-state index contributed by atoms with van der Waals surface area (Å²) in [5, 5.41) is 7.10. The number of carbonyl (C=O) groups is 1. The van der Waals surface area contributed by atoms with Gasteiger partial charge in [0, 0.05) is 26.1 Å². The third kappa shape index (κ3) is 2.13. The Labute approximate surface area is 93.5 Å². The molecule has 1 heterocycles. The fraction of sp³-hybridized carbons (Fsp3) is 0.545. The second-order valence-corrected chi connectivity index (χ2v) is 4.22. The number of aryl methyl sites for hydroxylation is 2. The first kappa shape index (κ1) is 10.9. The standard InChI is InChI=1S/C11H15N3O2/c1-7(15)12-9-3-4-10-8(5-9)6-11(16)14(2)13-10/h6,9H,3-5H2,1-2H3,(H,12,15). The molecule has 1 atom stereocenters. The quantitative estimate of drug-likeness (QED) is 0.712. The average molecular weight is 221 g/mol. The predicted octanol–water partition coefficient (Wildman–Crippen LogP) is -0.226. The molecule has 1 aliphatic rings. The van der Waals surface area contributed by atoms with E-state index < -0.39 is 0 Å². The molecule has 5 heteroatoms. The molecule has 0 saturated carbocycles. The van der Waals surface area contributed by atoms with Crippen LogP contribution in [0.15, 0.2) is 10.9 Å². The maximum absolute atomic E-state index is 11.4. The van der Waals surface area contributed by atoms with E-state index in [0.29, 0.717) is 6.42 Å². The Morgan fingerprint density at radius 3 is 3.06 bits per heavy atom. The smallest absolute Gasteiger partial charge is 0.266 e. The minimum atomic E-state index is -0.0952. The number of fused-ring (bicyclic) bond motifs is 1. The van der Waals surface area contributed by atoms with Crippen molar-refractivity contribution in [2.45, 2.75) is 32.2 Å². The zero-order valence-corrected chi connectivity index (χ0v) is 9.49. The second-order valence-electron chi connectivity index (χ2n) is 4.22. The van der Waals surface area contributed by atoms with Crippen LogP contribution in [-0.4, -0.2) is 21.7 Å². The largest absolute Gasteiger partial charge is 0.353 e. The van der Waals surface area contributed by atoms with Crippen LogP contribution in [0.4, 0.5) is 0 Å². The van der Waals surface area contributed by atoms with E-state index in [1.54, 1.807) is 13.1 Å². The van der Waals surface area contributed by atoms with Gasteiger partial charge < -0.3 is 5.32 Å². The normalized spacial score (nSPS) is 19.0. The molecule has 0 saturated heterocycles. The summed E-state index contributed by atoms with van der Waals surface area (Å²) < 4.78 is 1.36. The molecule has 16 heavy (non-hydrogen) atoms. The summed E-state index contributed by atoms with van der Waals surface area (Å²) in [7, 11) is 1.66. The molecule has 1 unspecified atom stereocenters. The first-order chi connectivity index (χ1) is 7.56. The first-order valence-electron chi connectivity index (χ1n) is 5.39. The lowest BCUT2D eigenvalue weighted by molar-refractivity contribution is -0.119. The predicted molar refractivity (Wildman–Crippen MR) is 59.1 cm³/mol. The molecule has 1 aliphatic carbocycles. The van der Waals surface area contributed by atoms with Gasteiger partial charge in [0.25, 0.3) is 5.56 Å². The topological polar surface area (TPSA) is 64.0 Å². The highest BCUT2D eigenvalue weighted by molar-refractivity contribution is 5.73. The third-order valence-corrected chi connectivity index (χ3v) is 2.86. The highest BCUT2D eigenvalue weighted by Gasteiger charge is 2.21. The van der Waals surface area contributed by atoms with Crippen molar-refractivity contribution in [3.63, 3.8) is 0 Å². The summed E-state index contributed by atoms with van der Waals surface area (Å²) >= 11 is 0. The van der Waals surface area contributed by atoms with Gasteiger partial charge >= 0.3 is 0 Å². The number of nitrogens with zero attached hydrogens (tertiary/aromatic N) is 2. The van der Waals surface area contributed by atoms with E-state index in [1.165, 1.54) is 11.6 Å². The maximum atomic E-state index is 11.4. The van der Waals surface area contributed by atoms with Gasteiger partial charge in [0.05, 0.1) is 5.69 Å².